The second-order valence-corrected chi connectivity index (χ2v) is 5.65. The number of nitrogens with zero attached hydrogens (tertiary/aromatic N) is 2. The highest BCUT2D eigenvalue weighted by atomic mass is 16.5. The number of aliphatic hydroxyl groups is 1. The van der Waals surface area contributed by atoms with E-state index in [1.165, 1.54) is 14.2 Å². The second-order valence-electron chi connectivity index (χ2n) is 5.65. The zero-order chi connectivity index (χ0) is 20.1. The summed E-state index contributed by atoms with van der Waals surface area (Å²) in [6, 6.07) is 13.9. The Morgan fingerprint density at radius 3 is 2.43 bits per heavy atom. The second kappa shape index (κ2) is 8.14. The van der Waals surface area contributed by atoms with Crippen LogP contribution in [0, 0.1) is 11.3 Å². The molecule has 0 radical (unpaired) electrons. The van der Waals surface area contributed by atoms with Gasteiger partial charge in [-0.25, -0.2) is 9.78 Å². The highest BCUT2D eigenvalue weighted by Gasteiger charge is 2.21. The Morgan fingerprint density at radius 1 is 1.14 bits per heavy atom. The summed E-state index contributed by atoms with van der Waals surface area (Å²) in [6.45, 7) is -0.514. The van der Waals surface area contributed by atoms with Gasteiger partial charge in [-0.1, -0.05) is 18.2 Å². The molecular formula is C20H17N3O5. The number of para-hydroxylation sites is 2. The third kappa shape index (κ3) is 3.59. The molecular weight excluding hydrogens is 362 g/mol. The molecule has 0 amide bonds. The molecule has 2 aromatic carbocycles. The van der Waals surface area contributed by atoms with E-state index in [9.17, 15) is 15.2 Å². The number of hydrogen-bond acceptors (Lipinski definition) is 7. The van der Waals surface area contributed by atoms with Gasteiger partial charge in [-0.15, -0.1) is 0 Å². The fourth-order valence-electron chi connectivity index (χ4n) is 2.66. The molecule has 0 unspecified atom stereocenters. The smallest absolute Gasteiger partial charge is 0.346 e. The topological polar surface area (TPSA) is 117 Å². The number of carbonyl (C=O) groups is 1. The van der Waals surface area contributed by atoms with Gasteiger partial charge in [-0.05, 0) is 24.3 Å². The summed E-state index contributed by atoms with van der Waals surface area (Å²) >= 11 is 0. The number of ether oxygens (including phenoxy) is 3. The molecule has 142 valence electrons. The first-order valence-electron chi connectivity index (χ1n) is 8.24. The lowest BCUT2D eigenvalue weighted by Crippen LogP contribution is -2.12. The first kappa shape index (κ1) is 18.8. The average molecular weight is 379 g/mol. The van der Waals surface area contributed by atoms with Gasteiger partial charge in [0.25, 0.3) is 0 Å². The first-order valence-corrected chi connectivity index (χ1v) is 8.24. The number of hydrogen-bond donors (Lipinski definition) is 2. The van der Waals surface area contributed by atoms with Crippen molar-refractivity contribution in [2.45, 2.75) is 0 Å². The van der Waals surface area contributed by atoms with Gasteiger partial charge in [0.2, 0.25) is 0 Å². The summed E-state index contributed by atoms with van der Waals surface area (Å²) in [4.78, 5) is 19.7. The number of aliphatic hydroxyl groups excluding tert-OH is 1. The maximum absolute atomic E-state index is 12.5. The van der Waals surface area contributed by atoms with E-state index in [2.05, 4.69) is 9.97 Å². The number of fused-ring (bicyclic) bond motifs is 1. The lowest BCUT2D eigenvalue weighted by atomic mass is 10.1. The van der Waals surface area contributed by atoms with Crippen LogP contribution in [0.5, 0.6) is 11.5 Å². The van der Waals surface area contributed by atoms with Gasteiger partial charge in [-0.3, -0.25) is 0 Å². The van der Waals surface area contributed by atoms with Gasteiger partial charge in [-0.2, -0.15) is 5.26 Å². The van der Waals surface area contributed by atoms with E-state index < -0.39 is 18.3 Å². The largest absolute Gasteiger partial charge is 0.507 e. The van der Waals surface area contributed by atoms with Crippen LogP contribution in [0.15, 0.2) is 48.2 Å². The van der Waals surface area contributed by atoms with Crippen molar-refractivity contribution in [1.82, 2.24) is 9.97 Å². The van der Waals surface area contributed by atoms with Crippen molar-refractivity contribution < 1.29 is 24.1 Å². The Balaban J connectivity index is 1.85. The van der Waals surface area contributed by atoms with E-state index in [1.54, 1.807) is 30.3 Å². The molecule has 28 heavy (non-hydrogen) atoms. The van der Waals surface area contributed by atoms with Crippen LogP contribution in [0.25, 0.3) is 16.6 Å². The Morgan fingerprint density at radius 2 is 1.82 bits per heavy atom. The van der Waals surface area contributed by atoms with Crippen molar-refractivity contribution in [2.24, 2.45) is 0 Å². The quantitative estimate of drug-likeness (QED) is 0.383. The Kier molecular flexibility index (Phi) is 5.46. The number of rotatable bonds is 6. The zero-order valence-electron chi connectivity index (χ0n) is 15.2. The van der Waals surface area contributed by atoms with E-state index in [4.69, 9.17) is 14.2 Å². The van der Waals surface area contributed by atoms with Crippen LogP contribution < -0.4 is 9.47 Å². The molecule has 8 nitrogen and oxygen atoms in total. The number of aromatic amines is 1. The molecule has 0 bridgehead atoms. The predicted octanol–water partition coefficient (Wildman–Crippen LogP) is 3.23. The number of allylic oxidation sites excluding steroid dienone is 1. The highest BCUT2D eigenvalue weighted by molar-refractivity contribution is 5.96. The molecule has 0 saturated carbocycles. The lowest BCUT2D eigenvalue weighted by Gasteiger charge is -2.12. The predicted molar refractivity (Wildman–Crippen MR) is 101 cm³/mol. The van der Waals surface area contributed by atoms with E-state index in [1.807, 2.05) is 18.2 Å². The molecule has 3 rings (SSSR count). The minimum Gasteiger partial charge on any atom is -0.507 e. The first-order chi connectivity index (χ1) is 13.6. The van der Waals surface area contributed by atoms with Crippen LogP contribution in [0.3, 0.4) is 0 Å². The van der Waals surface area contributed by atoms with E-state index in [-0.39, 0.29) is 28.5 Å². The summed E-state index contributed by atoms with van der Waals surface area (Å²) in [6.07, 6.45) is 0. The number of imidazole rings is 1. The zero-order valence-corrected chi connectivity index (χ0v) is 15.2. The number of nitrogens with one attached hydrogen (secondary N) is 1. The highest BCUT2D eigenvalue weighted by Crippen LogP contribution is 2.29. The SMILES string of the molecule is COc1cccc(OC)c1C(=O)OCC(O)=C(C#N)c1nc2ccccc2[nH]1. The number of nitriles is 1. The molecule has 2 N–H and O–H groups in total. The number of esters is 1. The van der Waals surface area contributed by atoms with Crippen molar-refractivity contribution in [2.75, 3.05) is 20.8 Å². The minimum absolute atomic E-state index is 0.0857. The van der Waals surface area contributed by atoms with E-state index in [0.29, 0.717) is 11.0 Å². The van der Waals surface area contributed by atoms with Gasteiger partial charge in [0.15, 0.2) is 11.6 Å². The number of methoxy groups -OCH3 is 2. The van der Waals surface area contributed by atoms with E-state index in [0.717, 1.165) is 0 Å². The lowest BCUT2D eigenvalue weighted by molar-refractivity contribution is 0.0495. The van der Waals surface area contributed by atoms with Gasteiger partial charge in [0.1, 0.15) is 35.3 Å². The molecule has 0 aliphatic carbocycles. The maximum Gasteiger partial charge on any atom is 0.346 e. The third-order valence-electron chi connectivity index (χ3n) is 4.00. The number of benzene rings is 2. The Bertz CT molecular complexity index is 1040. The van der Waals surface area contributed by atoms with Crippen molar-refractivity contribution in [3.05, 3.63) is 59.6 Å². The Labute approximate surface area is 160 Å². The van der Waals surface area contributed by atoms with Crippen molar-refractivity contribution >= 4 is 22.6 Å². The molecule has 0 spiro atoms. The average Bonchev–Trinajstić information content (AvgIpc) is 3.15. The summed E-state index contributed by atoms with van der Waals surface area (Å²) in [5.41, 5.74) is 1.33. The summed E-state index contributed by atoms with van der Waals surface area (Å²) in [5.74, 6) is -0.463. The molecule has 1 aromatic heterocycles. The van der Waals surface area contributed by atoms with Gasteiger partial charge >= 0.3 is 5.97 Å². The van der Waals surface area contributed by atoms with Crippen LogP contribution in [-0.4, -0.2) is 41.9 Å². The number of H-pyrrole nitrogens is 1. The van der Waals surface area contributed by atoms with Crippen molar-refractivity contribution in [1.29, 1.82) is 5.26 Å². The standard InChI is InChI=1S/C20H17N3O5/c1-26-16-8-5-9-17(27-2)18(16)20(25)28-11-15(24)12(10-21)19-22-13-6-3-4-7-14(13)23-19/h3-9,24H,11H2,1-2H3,(H,22,23). The van der Waals surface area contributed by atoms with Crippen molar-refractivity contribution in [3.8, 4) is 17.6 Å². The normalized spacial score (nSPS) is 11.5. The van der Waals surface area contributed by atoms with Gasteiger partial charge in [0.05, 0.1) is 25.3 Å². The number of carbonyl (C=O) groups excluding carboxylic acids is 1. The summed E-state index contributed by atoms with van der Waals surface area (Å²) < 4.78 is 15.5. The number of aromatic nitrogens is 2. The molecule has 0 saturated heterocycles. The monoisotopic (exact) mass is 379 g/mol. The molecule has 0 atom stereocenters. The van der Waals surface area contributed by atoms with E-state index >= 15 is 0 Å². The van der Waals surface area contributed by atoms with Gasteiger partial charge in [0, 0.05) is 0 Å². The summed E-state index contributed by atoms with van der Waals surface area (Å²) in [7, 11) is 2.83. The summed E-state index contributed by atoms with van der Waals surface area (Å²) in [5, 5.41) is 19.7. The fraction of sp³-hybridized carbons (Fsp3) is 0.150. The third-order valence-corrected chi connectivity index (χ3v) is 4.00. The van der Waals surface area contributed by atoms with Crippen molar-refractivity contribution in [3.63, 3.8) is 0 Å². The van der Waals surface area contributed by atoms with Crippen LogP contribution >= 0.6 is 0 Å². The molecule has 0 aliphatic rings. The minimum atomic E-state index is -0.761. The van der Waals surface area contributed by atoms with Gasteiger partial charge < -0.3 is 24.3 Å². The molecule has 8 heteroatoms. The maximum atomic E-state index is 12.5. The fourth-order valence-corrected chi connectivity index (χ4v) is 2.66. The van der Waals surface area contributed by atoms with Crippen LogP contribution in [0.2, 0.25) is 0 Å². The van der Waals surface area contributed by atoms with Crippen LogP contribution in [-0.2, 0) is 4.74 Å². The molecule has 0 aliphatic heterocycles. The Hall–Kier alpha value is -3.99. The van der Waals surface area contributed by atoms with Crippen LogP contribution in [0.4, 0.5) is 0 Å². The molecule has 1 heterocycles. The molecule has 3 aromatic rings. The van der Waals surface area contributed by atoms with Crippen LogP contribution in [0.1, 0.15) is 16.2 Å². The molecule has 0 fully saturated rings.